The maximum absolute atomic E-state index is 12.3. The van der Waals surface area contributed by atoms with Crippen molar-refractivity contribution < 1.29 is 9.59 Å². The van der Waals surface area contributed by atoms with Gasteiger partial charge < -0.3 is 15.1 Å². The minimum atomic E-state index is -0.167. The average Bonchev–Trinajstić information content (AvgIpc) is 2.50. The molecule has 1 fully saturated rings. The molecule has 2 rings (SSSR count). The van der Waals surface area contributed by atoms with E-state index in [1.165, 1.54) is 6.08 Å². The molecule has 6 heteroatoms. The van der Waals surface area contributed by atoms with Crippen LogP contribution in [0.2, 0.25) is 5.02 Å². The van der Waals surface area contributed by atoms with E-state index in [4.69, 9.17) is 11.6 Å². The van der Waals surface area contributed by atoms with Gasteiger partial charge in [0.1, 0.15) is 0 Å². The molecule has 1 aliphatic heterocycles. The molecule has 0 spiro atoms. The predicted molar refractivity (Wildman–Crippen MR) is 88.2 cm³/mol. The number of anilines is 1. The summed E-state index contributed by atoms with van der Waals surface area (Å²) in [7, 11) is 0. The normalized spacial score (nSPS) is 18.0. The summed E-state index contributed by atoms with van der Waals surface area (Å²) in [6.07, 6.45) is 1.31. The Bertz CT molecular complexity index is 603. The first-order valence-corrected chi connectivity index (χ1v) is 7.55. The first-order valence-electron chi connectivity index (χ1n) is 7.17. The number of aryl methyl sites for hydroxylation is 1. The predicted octanol–water partition coefficient (Wildman–Crippen LogP) is 2.90. The molecule has 22 heavy (non-hydrogen) atoms. The molecule has 0 bridgehead atoms. The molecule has 0 unspecified atom stereocenters. The third kappa shape index (κ3) is 3.60. The maximum atomic E-state index is 12.3. The second kappa shape index (κ2) is 6.83. The summed E-state index contributed by atoms with van der Waals surface area (Å²) in [5.74, 6) is -0.0964. The van der Waals surface area contributed by atoms with Crippen LogP contribution in [0, 0.1) is 6.92 Å². The van der Waals surface area contributed by atoms with Gasteiger partial charge in [0.15, 0.2) is 0 Å². The summed E-state index contributed by atoms with van der Waals surface area (Å²) in [5, 5.41) is 3.53. The van der Waals surface area contributed by atoms with Crippen LogP contribution in [0.3, 0.4) is 0 Å². The Hall–Kier alpha value is -2.01. The fourth-order valence-electron chi connectivity index (χ4n) is 2.51. The van der Waals surface area contributed by atoms with Crippen molar-refractivity contribution in [3.05, 3.63) is 41.4 Å². The van der Waals surface area contributed by atoms with E-state index in [-0.39, 0.29) is 18.0 Å². The Morgan fingerprint density at radius 1 is 1.41 bits per heavy atom. The number of rotatable bonds is 2. The summed E-state index contributed by atoms with van der Waals surface area (Å²) in [6.45, 7) is 8.83. The lowest BCUT2D eigenvalue weighted by Gasteiger charge is -2.39. The first-order chi connectivity index (χ1) is 10.4. The van der Waals surface area contributed by atoms with Crippen LogP contribution in [0.5, 0.6) is 0 Å². The van der Waals surface area contributed by atoms with Crippen LogP contribution in [-0.2, 0) is 4.79 Å². The van der Waals surface area contributed by atoms with Gasteiger partial charge in [-0.2, -0.15) is 0 Å². The van der Waals surface area contributed by atoms with Gasteiger partial charge in [0.05, 0.1) is 0 Å². The third-order valence-corrected chi connectivity index (χ3v) is 4.21. The number of benzene rings is 1. The summed E-state index contributed by atoms with van der Waals surface area (Å²) < 4.78 is 0. The molecular weight excluding hydrogens is 302 g/mol. The highest BCUT2D eigenvalue weighted by Gasteiger charge is 2.28. The number of piperazine rings is 1. The fraction of sp³-hybridized carbons (Fsp3) is 0.375. The minimum Gasteiger partial charge on any atom is -0.333 e. The zero-order valence-electron chi connectivity index (χ0n) is 12.8. The van der Waals surface area contributed by atoms with Crippen molar-refractivity contribution >= 4 is 29.2 Å². The van der Waals surface area contributed by atoms with Crippen molar-refractivity contribution in [3.63, 3.8) is 0 Å². The van der Waals surface area contributed by atoms with Crippen molar-refractivity contribution in [1.82, 2.24) is 9.80 Å². The summed E-state index contributed by atoms with van der Waals surface area (Å²) in [6, 6.07) is 5.17. The van der Waals surface area contributed by atoms with E-state index >= 15 is 0 Å². The van der Waals surface area contributed by atoms with Crippen molar-refractivity contribution in [1.29, 1.82) is 0 Å². The number of nitrogens with one attached hydrogen (secondary N) is 1. The molecule has 1 aromatic carbocycles. The molecule has 0 aromatic heterocycles. The van der Waals surface area contributed by atoms with Crippen LogP contribution in [0.4, 0.5) is 10.5 Å². The van der Waals surface area contributed by atoms with Crippen molar-refractivity contribution in [2.75, 3.05) is 25.0 Å². The summed E-state index contributed by atoms with van der Waals surface area (Å²) in [4.78, 5) is 27.4. The van der Waals surface area contributed by atoms with Gasteiger partial charge in [-0.3, -0.25) is 4.79 Å². The Morgan fingerprint density at radius 2 is 2.14 bits per heavy atom. The van der Waals surface area contributed by atoms with Gasteiger partial charge in [-0.1, -0.05) is 18.2 Å². The van der Waals surface area contributed by atoms with Gasteiger partial charge in [0.25, 0.3) is 0 Å². The number of carbonyl (C=O) groups excluding carboxylic acids is 2. The Labute approximate surface area is 135 Å². The molecule has 0 saturated carbocycles. The quantitative estimate of drug-likeness (QED) is 0.852. The van der Waals surface area contributed by atoms with E-state index in [0.29, 0.717) is 30.3 Å². The van der Waals surface area contributed by atoms with Gasteiger partial charge in [0, 0.05) is 36.4 Å². The van der Waals surface area contributed by atoms with E-state index in [9.17, 15) is 9.59 Å². The topological polar surface area (TPSA) is 52.7 Å². The van der Waals surface area contributed by atoms with Crippen LogP contribution in [0.1, 0.15) is 12.5 Å². The number of urea groups is 1. The van der Waals surface area contributed by atoms with Crippen molar-refractivity contribution in [2.24, 2.45) is 0 Å². The fourth-order valence-corrected chi connectivity index (χ4v) is 2.63. The standard InChI is InChI=1S/C16H20ClN3O2/c1-4-15(21)20-8-7-19(10-12(20)3)16(22)18-13-5-6-14(17)11(2)9-13/h4-6,9,12H,1,7-8,10H2,2-3H3,(H,18,22)/t12-/m1/s1. The van der Waals surface area contributed by atoms with Crippen molar-refractivity contribution in [2.45, 2.75) is 19.9 Å². The zero-order chi connectivity index (χ0) is 16.3. The molecule has 1 aromatic rings. The molecule has 3 amide bonds. The minimum absolute atomic E-state index is 0.0306. The third-order valence-electron chi connectivity index (χ3n) is 3.78. The lowest BCUT2D eigenvalue weighted by atomic mass is 10.2. The lowest BCUT2D eigenvalue weighted by Crippen LogP contribution is -2.55. The van der Waals surface area contributed by atoms with Crippen LogP contribution >= 0.6 is 11.6 Å². The molecule has 1 atom stereocenters. The van der Waals surface area contributed by atoms with Gasteiger partial charge in [-0.05, 0) is 43.7 Å². The molecule has 0 aliphatic carbocycles. The SMILES string of the molecule is C=CC(=O)N1CCN(C(=O)Nc2ccc(Cl)c(C)c2)C[C@H]1C. The maximum Gasteiger partial charge on any atom is 0.321 e. The summed E-state index contributed by atoms with van der Waals surface area (Å²) in [5.41, 5.74) is 1.62. The highest BCUT2D eigenvalue weighted by atomic mass is 35.5. The second-order valence-corrected chi connectivity index (χ2v) is 5.83. The first kappa shape index (κ1) is 16.4. The molecule has 1 saturated heterocycles. The number of amides is 3. The molecule has 1 heterocycles. The smallest absolute Gasteiger partial charge is 0.321 e. The Morgan fingerprint density at radius 3 is 2.73 bits per heavy atom. The van der Waals surface area contributed by atoms with Crippen LogP contribution in [0.25, 0.3) is 0 Å². The Balaban J connectivity index is 1.98. The van der Waals surface area contributed by atoms with Gasteiger partial charge in [-0.15, -0.1) is 0 Å². The summed E-state index contributed by atoms with van der Waals surface area (Å²) >= 11 is 5.98. The number of hydrogen-bond donors (Lipinski definition) is 1. The number of carbonyl (C=O) groups is 2. The van der Waals surface area contributed by atoms with E-state index < -0.39 is 0 Å². The average molecular weight is 322 g/mol. The van der Waals surface area contributed by atoms with E-state index in [1.54, 1.807) is 21.9 Å². The molecule has 1 N–H and O–H groups in total. The van der Waals surface area contributed by atoms with E-state index in [1.807, 2.05) is 19.9 Å². The molecule has 118 valence electrons. The van der Waals surface area contributed by atoms with Gasteiger partial charge >= 0.3 is 6.03 Å². The van der Waals surface area contributed by atoms with Crippen molar-refractivity contribution in [3.8, 4) is 0 Å². The number of halogens is 1. The van der Waals surface area contributed by atoms with E-state index in [2.05, 4.69) is 11.9 Å². The van der Waals surface area contributed by atoms with Crippen LogP contribution < -0.4 is 5.32 Å². The number of hydrogen-bond acceptors (Lipinski definition) is 2. The molecular formula is C16H20ClN3O2. The highest BCUT2D eigenvalue weighted by molar-refractivity contribution is 6.31. The largest absolute Gasteiger partial charge is 0.333 e. The van der Waals surface area contributed by atoms with E-state index in [0.717, 1.165) is 5.56 Å². The van der Waals surface area contributed by atoms with Crippen LogP contribution in [0.15, 0.2) is 30.9 Å². The van der Waals surface area contributed by atoms with Gasteiger partial charge in [-0.25, -0.2) is 4.79 Å². The molecule has 0 radical (unpaired) electrons. The Kier molecular flexibility index (Phi) is 5.08. The zero-order valence-corrected chi connectivity index (χ0v) is 13.6. The van der Waals surface area contributed by atoms with Gasteiger partial charge in [0.2, 0.25) is 5.91 Å². The lowest BCUT2D eigenvalue weighted by molar-refractivity contribution is -0.129. The second-order valence-electron chi connectivity index (χ2n) is 5.42. The monoisotopic (exact) mass is 321 g/mol. The molecule has 1 aliphatic rings. The molecule has 5 nitrogen and oxygen atoms in total. The number of nitrogens with zero attached hydrogens (tertiary/aromatic N) is 2. The highest BCUT2D eigenvalue weighted by Crippen LogP contribution is 2.20. The van der Waals surface area contributed by atoms with Crippen LogP contribution in [-0.4, -0.2) is 47.4 Å².